The van der Waals surface area contributed by atoms with Crippen molar-refractivity contribution in [3.8, 4) is 5.75 Å². The number of ether oxygens (including phenoxy) is 1. The van der Waals surface area contributed by atoms with Crippen LogP contribution in [-0.2, 0) is 15.0 Å². The third-order valence-corrected chi connectivity index (χ3v) is 5.17. The summed E-state index contributed by atoms with van der Waals surface area (Å²) < 4.78 is 5.86. The minimum absolute atomic E-state index is 0.0617. The molecule has 2 aromatic rings. The Labute approximate surface area is 163 Å². The highest BCUT2D eigenvalue weighted by Crippen LogP contribution is 2.29. The molecule has 1 saturated heterocycles. The molecule has 0 aromatic heterocycles. The standard InChI is InChI=1S/C21H22ClNO4/c1-21(2,20(25)26)15-4-3-5-18(11-15)27-13-14-10-19(24)23(12-14)17-8-6-16(22)7-9-17/h3-9,11,14H,10,12-13H2,1-2H3,(H,25,26). The number of carbonyl (C=O) groups is 2. The summed E-state index contributed by atoms with van der Waals surface area (Å²) >= 11 is 5.91. The third-order valence-electron chi connectivity index (χ3n) is 4.92. The van der Waals surface area contributed by atoms with Gasteiger partial charge in [-0.3, -0.25) is 9.59 Å². The van der Waals surface area contributed by atoms with Gasteiger partial charge in [-0.15, -0.1) is 0 Å². The van der Waals surface area contributed by atoms with Gasteiger partial charge in [0.25, 0.3) is 0 Å². The van der Waals surface area contributed by atoms with Crippen molar-refractivity contribution in [2.45, 2.75) is 25.7 Å². The molecule has 1 heterocycles. The fourth-order valence-corrected chi connectivity index (χ4v) is 3.20. The van der Waals surface area contributed by atoms with Crippen molar-refractivity contribution in [3.05, 3.63) is 59.1 Å². The van der Waals surface area contributed by atoms with E-state index in [2.05, 4.69) is 0 Å². The molecule has 1 fully saturated rings. The van der Waals surface area contributed by atoms with E-state index in [9.17, 15) is 14.7 Å². The molecule has 1 atom stereocenters. The fraction of sp³-hybridized carbons (Fsp3) is 0.333. The lowest BCUT2D eigenvalue weighted by atomic mass is 9.85. The van der Waals surface area contributed by atoms with Gasteiger partial charge in [-0.2, -0.15) is 0 Å². The van der Waals surface area contributed by atoms with E-state index in [1.807, 2.05) is 12.1 Å². The number of aliphatic carboxylic acids is 1. The molecular weight excluding hydrogens is 366 g/mol. The fourth-order valence-electron chi connectivity index (χ4n) is 3.08. The Morgan fingerprint density at radius 1 is 1.26 bits per heavy atom. The molecule has 0 aliphatic carbocycles. The second kappa shape index (κ2) is 7.61. The number of rotatable bonds is 6. The van der Waals surface area contributed by atoms with Gasteiger partial charge in [0.05, 0.1) is 12.0 Å². The van der Waals surface area contributed by atoms with Crippen LogP contribution in [0.4, 0.5) is 5.69 Å². The van der Waals surface area contributed by atoms with Crippen LogP contribution in [0.1, 0.15) is 25.8 Å². The van der Waals surface area contributed by atoms with Gasteiger partial charge in [-0.05, 0) is 55.8 Å². The highest BCUT2D eigenvalue weighted by atomic mass is 35.5. The van der Waals surface area contributed by atoms with E-state index in [0.717, 1.165) is 5.69 Å². The number of nitrogens with zero attached hydrogens (tertiary/aromatic N) is 1. The van der Waals surface area contributed by atoms with Crippen molar-refractivity contribution < 1.29 is 19.4 Å². The molecule has 1 amide bonds. The molecule has 1 N–H and O–H groups in total. The number of carboxylic acids is 1. The maximum absolute atomic E-state index is 12.3. The van der Waals surface area contributed by atoms with Gasteiger partial charge in [0.2, 0.25) is 5.91 Å². The molecule has 1 aliphatic heterocycles. The molecule has 2 aromatic carbocycles. The summed E-state index contributed by atoms with van der Waals surface area (Å²) in [6, 6.07) is 14.3. The molecule has 0 saturated carbocycles. The number of halogens is 1. The molecule has 1 aliphatic rings. The van der Waals surface area contributed by atoms with Crippen LogP contribution in [0.25, 0.3) is 0 Å². The number of carboxylic acid groups (broad SMARTS) is 1. The summed E-state index contributed by atoms with van der Waals surface area (Å²) in [5, 5.41) is 10.0. The zero-order valence-electron chi connectivity index (χ0n) is 15.3. The molecule has 5 nitrogen and oxygen atoms in total. The van der Waals surface area contributed by atoms with Crippen molar-refractivity contribution in [1.82, 2.24) is 0 Å². The van der Waals surface area contributed by atoms with Gasteiger partial charge in [0.1, 0.15) is 5.75 Å². The predicted octanol–water partition coefficient (Wildman–Crippen LogP) is 4.13. The van der Waals surface area contributed by atoms with Crippen LogP contribution in [0.3, 0.4) is 0 Å². The predicted molar refractivity (Wildman–Crippen MR) is 105 cm³/mol. The molecule has 6 heteroatoms. The number of anilines is 1. The van der Waals surface area contributed by atoms with Crippen molar-refractivity contribution in [2.75, 3.05) is 18.1 Å². The highest BCUT2D eigenvalue weighted by molar-refractivity contribution is 6.30. The Kier molecular flexibility index (Phi) is 5.42. The third kappa shape index (κ3) is 4.25. The summed E-state index contributed by atoms with van der Waals surface area (Å²) in [6.45, 7) is 4.30. The Morgan fingerprint density at radius 3 is 2.63 bits per heavy atom. The van der Waals surface area contributed by atoms with Crippen LogP contribution in [0.15, 0.2) is 48.5 Å². The van der Waals surface area contributed by atoms with Crippen LogP contribution in [0, 0.1) is 5.92 Å². The second-order valence-corrected chi connectivity index (χ2v) is 7.76. The lowest BCUT2D eigenvalue weighted by molar-refractivity contribution is -0.142. The summed E-state index contributed by atoms with van der Waals surface area (Å²) in [6.07, 6.45) is 0.420. The van der Waals surface area contributed by atoms with Crippen LogP contribution in [-0.4, -0.2) is 30.1 Å². The van der Waals surface area contributed by atoms with Gasteiger partial charge < -0.3 is 14.7 Å². The maximum atomic E-state index is 12.3. The van der Waals surface area contributed by atoms with E-state index in [-0.39, 0.29) is 11.8 Å². The minimum atomic E-state index is -0.992. The Balaban J connectivity index is 1.63. The van der Waals surface area contributed by atoms with E-state index >= 15 is 0 Å². The molecular formula is C21H22ClNO4. The largest absolute Gasteiger partial charge is 0.493 e. The lowest BCUT2D eigenvalue weighted by Gasteiger charge is -2.21. The number of hydrogen-bond donors (Lipinski definition) is 1. The average molecular weight is 388 g/mol. The minimum Gasteiger partial charge on any atom is -0.493 e. The van der Waals surface area contributed by atoms with Gasteiger partial charge >= 0.3 is 5.97 Å². The van der Waals surface area contributed by atoms with Gasteiger partial charge in [-0.25, -0.2) is 0 Å². The average Bonchev–Trinajstić information content (AvgIpc) is 3.01. The smallest absolute Gasteiger partial charge is 0.313 e. The lowest BCUT2D eigenvalue weighted by Crippen LogP contribution is -2.28. The van der Waals surface area contributed by atoms with Crippen molar-refractivity contribution in [3.63, 3.8) is 0 Å². The zero-order chi connectivity index (χ0) is 19.6. The van der Waals surface area contributed by atoms with E-state index in [1.165, 1.54) is 0 Å². The van der Waals surface area contributed by atoms with Crippen molar-refractivity contribution in [1.29, 1.82) is 0 Å². The van der Waals surface area contributed by atoms with E-state index in [1.54, 1.807) is 55.1 Å². The van der Waals surface area contributed by atoms with Crippen molar-refractivity contribution in [2.24, 2.45) is 5.92 Å². The first-order chi connectivity index (χ1) is 12.8. The van der Waals surface area contributed by atoms with Crippen LogP contribution in [0.5, 0.6) is 5.75 Å². The van der Waals surface area contributed by atoms with E-state index in [0.29, 0.717) is 35.9 Å². The first kappa shape index (κ1) is 19.2. The molecule has 27 heavy (non-hydrogen) atoms. The monoisotopic (exact) mass is 387 g/mol. The normalized spacial score (nSPS) is 17.2. The Bertz CT molecular complexity index is 848. The first-order valence-corrected chi connectivity index (χ1v) is 9.18. The van der Waals surface area contributed by atoms with Crippen LogP contribution < -0.4 is 9.64 Å². The second-order valence-electron chi connectivity index (χ2n) is 7.32. The summed E-state index contributed by atoms with van der Waals surface area (Å²) in [4.78, 5) is 25.5. The summed E-state index contributed by atoms with van der Waals surface area (Å²) in [5.41, 5.74) is 0.517. The van der Waals surface area contributed by atoms with Gasteiger partial charge in [0.15, 0.2) is 0 Å². The quantitative estimate of drug-likeness (QED) is 0.809. The van der Waals surface area contributed by atoms with Crippen molar-refractivity contribution >= 4 is 29.2 Å². The highest BCUT2D eigenvalue weighted by Gasteiger charge is 2.32. The zero-order valence-corrected chi connectivity index (χ0v) is 16.1. The Hall–Kier alpha value is -2.53. The van der Waals surface area contributed by atoms with Crippen LogP contribution in [0.2, 0.25) is 5.02 Å². The molecule has 3 rings (SSSR count). The van der Waals surface area contributed by atoms with Gasteiger partial charge in [-0.1, -0.05) is 23.7 Å². The number of amides is 1. The molecule has 1 unspecified atom stereocenters. The number of hydrogen-bond acceptors (Lipinski definition) is 3. The van der Waals surface area contributed by atoms with Gasteiger partial charge in [0, 0.05) is 29.6 Å². The maximum Gasteiger partial charge on any atom is 0.313 e. The number of carbonyl (C=O) groups excluding carboxylic acids is 1. The van der Waals surface area contributed by atoms with E-state index in [4.69, 9.17) is 16.3 Å². The summed E-state index contributed by atoms with van der Waals surface area (Å²) in [5.74, 6) is -0.144. The Morgan fingerprint density at radius 2 is 1.96 bits per heavy atom. The molecule has 0 bridgehead atoms. The first-order valence-electron chi connectivity index (χ1n) is 8.80. The SMILES string of the molecule is CC(C)(C(=O)O)c1cccc(OCC2CC(=O)N(c3ccc(Cl)cc3)C2)c1. The summed E-state index contributed by atoms with van der Waals surface area (Å²) in [7, 11) is 0. The molecule has 0 spiro atoms. The van der Waals surface area contributed by atoms with E-state index < -0.39 is 11.4 Å². The topological polar surface area (TPSA) is 66.8 Å². The molecule has 142 valence electrons. The molecule has 0 radical (unpaired) electrons. The van der Waals surface area contributed by atoms with Crippen LogP contribution >= 0.6 is 11.6 Å². The number of benzene rings is 2.